The highest BCUT2D eigenvalue weighted by Gasteiger charge is 2.21. The molecule has 1 aliphatic heterocycles. The second-order valence-corrected chi connectivity index (χ2v) is 8.17. The number of hydrogen-bond acceptors (Lipinski definition) is 6. The van der Waals surface area contributed by atoms with E-state index in [1.165, 1.54) is 11.3 Å². The van der Waals surface area contributed by atoms with E-state index in [1.807, 2.05) is 17.0 Å². The van der Waals surface area contributed by atoms with Crippen LogP contribution in [0.3, 0.4) is 0 Å². The van der Waals surface area contributed by atoms with Crippen molar-refractivity contribution in [3.8, 4) is 0 Å². The number of thiazole rings is 1. The number of anilines is 1. The third-order valence-electron chi connectivity index (χ3n) is 4.44. The van der Waals surface area contributed by atoms with Crippen LogP contribution in [0.2, 0.25) is 0 Å². The van der Waals surface area contributed by atoms with E-state index in [4.69, 9.17) is 4.42 Å². The van der Waals surface area contributed by atoms with Gasteiger partial charge in [-0.1, -0.05) is 11.3 Å². The van der Waals surface area contributed by atoms with Crippen LogP contribution in [-0.4, -0.2) is 59.8 Å². The Labute approximate surface area is 168 Å². The lowest BCUT2D eigenvalue weighted by atomic mass is 10.1. The second kappa shape index (κ2) is 7.41. The molecular weight excluding hydrogens is 432 g/mol. The largest absolute Gasteiger partial charge is 0.444 e. The molecule has 7 nitrogen and oxygen atoms in total. The molecule has 0 aliphatic carbocycles. The Morgan fingerprint density at radius 3 is 2.67 bits per heavy atom. The number of nitrogens with zero attached hydrogens (tertiary/aromatic N) is 3. The Hall–Kier alpha value is -2.23. The van der Waals surface area contributed by atoms with Gasteiger partial charge in [0.1, 0.15) is 0 Å². The maximum Gasteiger partial charge on any atom is 0.293 e. The van der Waals surface area contributed by atoms with Crippen LogP contribution < -0.4 is 5.32 Å². The predicted molar refractivity (Wildman–Crippen MR) is 107 cm³/mol. The van der Waals surface area contributed by atoms with E-state index in [0.717, 1.165) is 36.4 Å². The van der Waals surface area contributed by atoms with Gasteiger partial charge in [0.15, 0.2) is 15.6 Å². The van der Waals surface area contributed by atoms with Crippen molar-refractivity contribution >= 4 is 54.4 Å². The number of benzene rings is 1. The van der Waals surface area contributed by atoms with Gasteiger partial charge in [0.2, 0.25) is 0 Å². The molecule has 140 valence electrons. The monoisotopic (exact) mass is 448 g/mol. The quantitative estimate of drug-likeness (QED) is 0.664. The van der Waals surface area contributed by atoms with Crippen LogP contribution in [0.1, 0.15) is 20.9 Å². The summed E-state index contributed by atoms with van der Waals surface area (Å²) in [6.45, 7) is 3.23. The maximum atomic E-state index is 12.7. The summed E-state index contributed by atoms with van der Waals surface area (Å²) >= 11 is 4.50. The Kier molecular flexibility index (Phi) is 4.98. The summed E-state index contributed by atoms with van der Waals surface area (Å²) < 4.78 is 6.59. The second-order valence-electron chi connectivity index (χ2n) is 6.35. The van der Waals surface area contributed by atoms with Crippen LogP contribution in [0.15, 0.2) is 39.4 Å². The van der Waals surface area contributed by atoms with Gasteiger partial charge in [0.05, 0.1) is 10.2 Å². The minimum Gasteiger partial charge on any atom is -0.444 e. The molecule has 0 radical (unpaired) electrons. The van der Waals surface area contributed by atoms with Gasteiger partial charge in [0.25, 0.3) is 11.8 Å². The van der Waals surface area contributed by atoms with E-state index in [0.29, 0.717) is 15.4 Å². The smallest absolute Gasteiger partial charge is 0.293 e. The predicted octanol–water partition coefficient (Wildman–Crippen LogP) is 3.29. The Morgan fingerprint density at radius 1 is 1.19 bits per heavy atom. The minimum absolute atomic E-state index is 0.0319. The van der Waals surface area contributed by atoms with Gasteiger partial charge >= 0.3 is 0 Å². The number of piperazine rings is 1. The molecule has 2 aromatic heterocycles. The molecule has 0 spiro atoms. The van der Waals surface area contributed by atoms with Crippen LogP contribution in [0.25, 0.3) is 10.2 Å². The fraction of sp³-hybridized carbons (Fsp3) is 0.278. The van der Waals surface area contributed by atoms with Crippen molar-refractivity contribution in [3.63, 3.8) is 0 Å². The number of carbonyl (C=O) groups excluding carboxylic acids is 2. The zero-order valence-corrected chi connectivity index (χ0v) is 17.0. The summed E-state index contributed by atoms with van der Waals surface area (Å²) in [5.41, 5.74) is 1.38. The Balaban J connectivity index is 1.51. The fourth-order valence-electron chi connectivity index (χ4n) is 2.90. The van der Waals surface area contributed by atoms with Crippen LogP contribution in [0.4, 0.5) is 5.13 Å². The van der Waals surface area contributed by atoms with Gasteiger partial charge in [-0.15, -0.1) is 0 Å². The number of furan rings is 1. The van der Waals surface area contributed by atoms with E-state index in [-0.39, 0.29) is 17.6 Å². The molecule has 1 aromatic carbocycles. The highest BCUT2D eigenvalue weighted by molar-refractivity contribution is 9.10. The van der Waals surface area contributed by atoms with E-state index in [2.05, 4.69) is 38.2 Å². The van der Waals surface area contributed by atoms with Crippen molar-refractivity contribution in [2.45, 2.75) is 0 Å². The normalized spacial score (nSPS) is 15.3. The van der Waals surface area contributed by atoms with Crippen LogP contribution in [0, 0.1) is 0 Å². The van der Waals surface area contributed by atoms with Gasteiger partial charge in [-0.25, -0.2) is 4.98 Å². The summed E-state index contributed by atoms with van der Waals surface area (Å²) in [5.74, 6) is -0.134. The van der Waals surface area contributed by atoms with Crippen LogP contribution in [-0.2, 0) is 0 Å². The summed E-state index contributed by atoms with van der Waals surface area (Å²) in [5, 5.41) is 3.20. The van der Waals surface area contributed by atoms with Crippen molar-refractivity contribution in [2.24, 2.45) is 0 Å². The van der Waals surface area contributed by atoms with Crippen molar-refractivity contribution in [3.05, 3.63) is 46.3 Å². The molecule has 0 atom stereocenters. The summed E-state index contributed by atoms with van der Waals surface area (Å²) in [6, 6.07) is 8.68. The number of amides is 2. The first-order chi connectivity index (χ1) is 13.0. The number of aromatic nitrogens is 1. The van der Waals surface area contributed by atoms with Crippen molar-refractivity contribution in [1.82, 2.24) is 14.8 Å². The molecule has 0 bridgehead atoms. The number of hydrogen-bond donors (Lipinski definition) is 1. The molecule has 1 saturated heterocycles. The number of halogens is 1. The number of rotatable bonds is 3. The van der Waals surface area contributed by atoms with Crippen LogP contribution in [0.5, 0.6) is 0 Å². The fourth-order valence-corrected chi connectivity index (χ4v) is 4.11. The average molecular weight is 449 g/mol. The lowest BCUT2D eigenvalue weighted by Crippen LogP contribution is -2.47. The zero-order valence-electron chi connectivity index (χ0n) is 14.6. The van der Waals surface area contributed by atoms with Crippen molar-refractivity contribution in [2.75, 3.05) is 38.5 Å². The Bertz CT molecular complexity index is 1010. The van der Waals surface area contributed by atoms with Crippen molar-refractivity contribution in [1.29, 1.82) is 0 Å². The standard InChI is InChI=1S/C18H17BrN4O3S/c1-22-6-8-23(9-7-22)17(25)11-2-3-12-14(10-11)27-18(20-12)21-16(24)13-4-5-15(19)26-13/h2-5,10H,6-9H2,1H3,(H,20,21,24). The summed E-state index contributed by atoms with van der Waals surface area (Å²) in [6.07, 6.45) is 0. The molecule has 4 rings (SSSR count). The lowest BCUT2D eigenvalue weighted by molar-refractivity contribution is 0.0664. The van der Waals surface area contributed by atoms with E-state index >= 15 is 0 Å². The zero-order chi connectivity index (χ0) is 19.0. The van der Waals surface area contributed by atoms with E-state index in [1.54, 1.807) is 18.2 Å². The Morgan fingerprint density at radius 2 is 1.96 bits per heavy atom. The molecule has 3 heterocycles. The van der Waals surface area contributed by atoms with E-state index in [9.17, 15) is 9.59 Å². The van der Waals surface area contributed by atoms with E-state index < -0.39 is 0 Å². The molecule has 1 aliphatic rings. The number of likely N-dealkylation sites (N-methyl/N-ethyl adjacent to an activating group) is 1. The van der Waals surface area contributed by atoms with Crippen LogP contribution >= 0.6 is 27.3 Å². The molecule has 1 N–H and O–H groups in total. The maximum absolute atomic E-state index is 12.7. The first-order valence-electron chi connectivity index (χ1n) is 8.45. The number of nitrogens with one attached hydrogen (secondary N) is 1. The molecule has 0 unspecified atom stereocenters. The lowest BCUT2D eigenvalue weighted by Gasteiger charge is -2.32. The average Bonchev–Trinajstić information content (AvgIpc) is 3.26. The van der Waals surface area contributed by atoms with Gasteiger partial charge in [-0.2, -0.15) is 0 Å². The van der Waals surface area contributed by atoms with Gasteiger partial charge in [-0.05, 0) is 53.3 Å². The number of fused-ring (bicyclic) bond motifs is 1. The number of carbonyl (C=O) groups is 2. The summed E-state index contributed by atoms with van der Waals surface area (Å²) in [4.78, 5) is 33.4. The third kappa shape index (κ3) is 3.90. The minimum atomic E-state index is -0.367. The molecule has 9 heteroatoms. The third-order valence-corrected chi connectivity index (χ3v) is 5.80. The highest BCUT2D eigenvalue weighted by atomic mass is 79.9. The van der Waals surface area contributed by atoms with Gasteiger partial charge in [0, 0.05) is 31.7 Å². The van der Waals surface area contributed by atoms with Crippen molar-refractivity contribution < 1.29 is 14.0 Å². The molecule has 1 fully saturated rings. The molecule has 2 amide bonds. The van der Waals surface area contributed by atoms with Gasteiger partial charge in [-0.3, -0.25) is 14.9 Å². The first-order valence-corrected chi connectivity index (χ1v) is 10.1. The highest BCUT2D eigenvalue weighted by Crippen LogP contribution is 2.28. The molecule has 0 saturated carbocycles. The summed E-state index contributed by atoms with van der Waals surface area (Å²) in [7, 11) is 2.06. The molecule has 3 aromatic rings. The first kappa shape index (κ1) is 18.1. The topological polar surface area (TPSA) is 78.7 Å². The molecule has 27 heavy (non-hydrogen) atoms. The molecular formula is C18H17BrN4O3S. The van der Waals surface area contributed by atoms with Gasteiger partial charge < -0.3 is 14.2 Å². The SMILES string of the molecule is CN1CCN(C(=O)c2ccc3nc(NC(=O)c4ccc(Br)o4)sc3c2)CC1.